The predicted molar refractivity (Wildman–Crippen MR) is 71.0 cm³/mol. The van der Waals surface area contributed by atoms with Gasteiger partial charge in [-0.05, 0) is 18.8 Å². The van der Waals surface area contributed by atoms with Crippen LogP contribution >= 0.6 is 0 Å². The lowest BCUT2D eigenvalue weighted by Gasteiger charge is -2.24. The second-order valence-electron chi connectivity index (χ2n) is 5.44. The normalized spacial score (nSPS) is 30.7. The smallest absolute Gasteiger partial charge is 0.212 e. The minimum absolute atomic E-state index is 0.0499. The summed E-state index contributed by atoms with van der Waals surface area (Å²) in [5.74, 6) is 0.617. The van der Waals surface area contributed by atoms with Crippen molar-refractivity contribution in [1.82, 2.24) is 10.0 Å². The first-order valence-electron chi connectivity index (χ1n) is 6.84. The van der Waals surface area contributed by atoms with Crippen LogP contribution in [0.25, 0.3) is 0 Å². The van der Waals surface area contributed by atoms with E-state index < -0.39 is 10.0 Å². The lowest BCUT2D eigenvalue weighted by Crippen LogP contribution is -2.45. The molecule has 5 nitrogen and oxygen atoms in total. The summed E-state index contributed by atoms with van der Waals surface area (Å²) < 4.78 is 32.3. The lowest BCUT2D eigenvalue weighted by molar-refractivity contribution is 0.103. The molecule has 1 saturated heterocycles. The van der Waals surface area contributed by atoms with Crippen molar-refractivity contribution in [2.45, 2.75) is 44.2 Å². The number of ether oxygens (including phenoxy) is 1. The van der Waals surface area contributed by atoms with E-state index in [0.29, 0.717) is 19.0 Å². The third-order valence-electron chi connectivity index (χ3n) is 3.97. The maximum absolute atomic E-state index is 12.1. The largest absolute Gasteiger partial charge is 0.378 e. The monoisotopic (exact) mass is 276 g/mol. The number of methoxy groups -OCH3 is 1. The Morgan fingerprint density at radius 3 is 2.61 bits per heavy atom. The molecule has 0 aromatic carbocycles. The van der Waals surface area contributed by atoms with Gasteiger partial charge >= 0.3 is 0 Å². The van der Waals surface area contributed by atoms with E-state index in [4.69, 9.17) is 4.74 Å². The van der Waals surface area contributed by atoms with Gasteiger partial charge < -0.3 is 10.1 Å². The van der Waals surface area contributed by atoms with Crippen molar-refractivity contribution in [2.75, 3.05) is 26.0 Å². The van der Waals surface area contributed by atoms with E-state index in [1.807, 2.05) is 0 Å². The third-order valence-corrected chi connectivity index (χ3v) is 5.54. The molecule has 1 unspecified atom stereocenters. The van der Waals surface area contributed by atoms with Crippen molar-refractivity contribution in [2.24, 2.45) is 5.92 Å². The third kappa shape index (κ3) is 3.91. The minimum atomic E-state index is -3.18. The summed E-state index contributed by atoms with van der Waals surface area (Å²) in [7, 11) is -1.55. The topological polar surface area (TPSA) is 67.4 Å². The highest BCUT2D eigenvalue weighted by atomic mass is 32.2. The Morgan fingerprint density at radius 1 is 1.22 bits per heavy atom. The Bertz CT molecular complexity index is 352. The number of sulfonamides is 1. The van der Waals surface area contributed by atoms with Gasteiger partial charge in [-0.1, -0.05) is 19.3 Å². The van der Waals surface area contributed by atoms with Crippen molar-refractivity contribution in [3.05, 3.63) is 0 Å². The highest BCUT2D eigenvalue weighted by molar-refractivity contribution is 7.89. The Labute approximate surface area is 110 Å². The Balaban J connectivity index is 1.86. The van der Waals surface area contributed by atoms with Crippen LogP contribution in [0, 0.1) is 5.92 Å². The molecular weight excluding hydrogens is 252 g/mol. The summed E-state index contributed by atoms with van der Waals surface area (Å²) >= 11 is 0. The molecule has 1 heterocycles. The van der Waals surface area contributed by atoms with Crippen LogP contribution in [0.2, 0.25) is 0 Å². The summed E-state index contributed by atoms with van der Waals surface area (Å²) in [5.41, 5.74) is 0. The van der Waals surface area contributed by atoms with Crippen LogP contribution in [-0.4, -0.2) is 46.5 Å². The zero-order chi connectivity index (χ0) is 13.0. The molecule has 106 valence electrons. The molecule has 18 heavy (non-hydrogen) atoms. The van der Waals surface area contributed by atoms with E-state index >= 15 is 0 Å². The molecule has 1 aliphatic carbocycles. The highest BCUT2D eigenvalue weighted by Gasteiger charge is 2.31. The number of nitrogens with one attached hydrogen (secondary N) is 2. The standard InChI is InChI=1S/C12H24N2O3S/c1-17-12-8-13-7-11(12)14-18(15,16)9-10-5-3-2-4-6-10/h10-14H,2-9H2,1H3/t11?,12-/m0/s1. The Morgan fingerprint density at radius 2 is 1.94 bits per heavy atom. The van der Waals surface area contributed by atoms with Crippen LogP contribution in [0.15, 0.2) is 0 Å². The lowest BCUT2D eigenvalue weighted by atomic mass is 9.91. The molecule has 2 N–H and O–H groups in total. The molecule has 6 heteroatoms. The molecule has 2 aliphatic rings. The molecule has 2 fully saturated rings. The first-order chi connectivity index (χ1) is 8.61. The Hall–Kier alpha value is -0.170. The van der Waals surface area contributed by atoms with Gasteiger partial charge in [0.05, 0.1) is 17.9 Å². The summed E-state index contributed by atoms with van der Waals surface area (Å²) in [6.07, 6.45) is 5.65. The predicted octanol–water partition coefficient (Wildman–Crippen LogP) is 0.473. The molecule has 1 aliphatic heterocycles. The van der Waals surface area contributed by atoms with Crippen molar-refractivity contribution >= 4 is 10.0 Å². The van der Waals surface area contributed by atoms with E-state index in [2.05, 4.69) is 10.0 Å². The second-order valence-corrected chi connectivity index (χ2v) is 7.24. The van der Waals surface area contributed by atoms with Gasteiger partial charge in [-0.25, -0.2) is 13.1 Å². The van der Waals surface area contributed by atoms with E-state index in [9.17, 15) is 8.42 Å². The van der Waals surface area contributed by atoms with Crippen LogP contribution < -0.4 is 10.0 Å². The molecule has 2 rings (SSSR count). The van der Waals surface area contributed by atoms with Gasteiger partial charge in [0.1, 0.15) is 0 Å². The van der Waals surface area contributed by atoms with Crippen LogP contribution in [0.4, 0.5) is 0 Å². The Kier molecular flexibility index (Phi) is 5.00. The summed E-state index contributed by atoms with van der Waals surface area (Å²) in [6, 6.07) is -0.122. The van der Waals surface area contributed by atoms with Gasteiger partial charge in [-0.3, -0.25) is 0 Å². The van der Waals surface area contributed by atoms with E-state index in [1.165, 1.54) is 19.3 Å². The van der Waals surface area contributed by atoms with Crippen LogP contribution in [0.3, 0.4) is 0 Å². The fraction of sp³-hybridized carbons (Fsp3) is 1.00. The summed E-state index contributed by atoms with van der Waals surface area (Å²) in [5, 5.41) is 3.15. The quantitative estimate of drug-likeness (QED) is 0.766. The average Bonchev–Trinajstić information content (AvgIpc) is 2.76. The maximum atomic E-state index is 12.1. The second kappa shape index (κ2) is 6.32. The molecule has 0 amide bonds. The number of hydrogen-bond acceptors (Lipinski definition) is 4. The SMILES string of the molecule is CO[C@H]1CNCC1NS(=O)(=O)CC1CCCCC1. The summed E-state index contributed by atoms with van der Waals surface area (Å²) in [6.45, 7) is 1.37. The first-order valence-corrected chi connectivity index (χ1v) is 8.49. The van der Waals surface area contributed by atoms with Gasteiger partial charge in [-0.2, -0.15) is 0 Å². The van der Waals surface area contributed by atoms with Crippen molar-refractivity contribution < 1.29 is 13.2 Å². The van der Waals surface area contributed by atoms with Crippen LogP contribution in [0.5, 0.6) is 0 Å². The molecule has 0 radical (unpaired) electrons. The first kappa shape index (κ1) is 14.2. The zero-order valence-electron chi connectivity index (χ0n) is 11.0. The number of rotatable bonds is 5. The molecular formula is C12H24N2O3S. The number of hydrogen-bond donors (Lipinski definition) is 2. The van der Waals surface area contributed by atoms with Crippen molar-refractivity contribution in [3.8, 4) is 0 Å². The summed E-state index contributed by atoms with van der Waals surface area (Å²) in [4.78, 5) is 0. The van der Waals surface area contributed by atoms with Crippen molar-refractivity contribution in [3.63, 3.8) is 0 Å². The van der Waals surface area contributed by atoms with Gasteiger partial charge in [0.25, 0.3) is 0 Å². The molecule has 2 atom stereocenters. The molecule has 0 aromatic heterocycles. The minimum Gasteiger partial charge on any atom is -0.378 e. The van der Waals surface area contributed by atoms with Crippen molar-refractivity contribution in [1.29, 1.82) is 0 Å². The maximum Gasteiger partial charge on any atom is 0.212 e. The van der Waals surface area contributed by atoms with E-state index in [-0.39, 0.29) is 17.9 Å². The van der Waals surface area contributed by atoms with E-state index in [0.717, 1.165) is 12.8 Å². The molecule has 1 saturated carbocycles. The van der Waals surface area contributed by atoms with Crippen LogP contribution in [-0.2, 0) is 14.8 Å². The average molecular weight is 276 g/mol. The zero-order valence-corrected chi connectivity index (χ0v) is 11.8. The fourth-order valence-electron chi connectivity index (χ4n) is 2.96. The molecule has 0 bridgehead atoms. The molecule has 0 aromatic rings. The van der Waals surface area contributed by atoms with Gasteiger partial charge in [0.2, 0.25) is 10.0 Å². The highest BCUT2D eigenvalue weighted by Crippen LogP contribution is 2.24. The molecule has 0 spiro atoms. The fourth-order valence-corrected chi connectivity index (χ4v) is 4.71. The van der Waals surface area contributed by atoms with Crippen LogP contribution in [0.1, 0.15) is 32.1 Å². The van der Waals surface area contributed by atoms with Gasteiger partial charge in [-0.15, -0.1) is 0 Å². The van der Waals surface area contributed by atoms with Gasteiger partial charge in [0, 0.05) is 20.2 Å². The van der Waals surface area contributed by atoms with Gasteiger partial charge in [0.15, 0.2) is 0 Å². The van der Waals surface area contributed by atoms with E-state index in [1.54, 1.807) is 7.11 Å².